The van der Waals surface area contributed by atoms with Gasteiger partial charge in [0.25, 0.3) is 0 Å². The maximum atomic E-state index is 8.77. The van der Waals surface area contributed by atoms with Gasteiger partial charge >= 0.3 is 0 Å². The summed E-state index contributed by atoms with van der Waals surface area (Å²) < 4.78 is 1.96. The van der Waals surface area contributed by atoms with Crippen LogP contribution in [-0.2, 0) is 12.8 Å². The Morgan fingerprint density at radius 3 is 2.79 bits per heavy atom. The van der Waals surface area contributed by atoms with Gasteiger partial charge in [-0.2, -0.15) is 0 Å². The van der Waals surface area contributed by atoms with E-state index in [0.29, 0.717) is 0 Å². The molecule has 2 rings (SSSR count). The van der Waals surface area contributed by atoms with E-state index < -0.39 is 0 Å². The van der Waals surface area contributed by atoms with Gasteiger partial charge in [0.15, 0.2) is 5.16 Å². The Morgan fingerprint density at radius 2 is 2.11 bits per heavy atom. The fourth-order valence-corrected chi connectivity index (χ4v) is 2.52. The molecule has 0 aliphatic rings. The Hall–Kier alpha value is -1.77. The molecule has 1 aromatic heterocycles. The van der Waals surface area contributed by atoms with E-state index in [4.69, 9.17) is 5.11 Å². The van der Waals surface area contributed by atoms with Crippen LogP contribution in [0.1, 0.15) is 17.0 Å². The van der Waals surface area contributed by atoms with Crippen LogP contribution in [-0.4, -0.2) is 26.5 Å². The summed E-state index contributed by atoms with van der Waals surface area (Å²) >= 11 is 1.63. The maximum Gasteiger partial charge on any atom is 0.191 e. The molecule has 19 heavy (non-hydrogen) atoms. The zero-order valence-electron chi connectivity index (χ0n) is 10.9. The normalized spacial score (nSPS) is 10.1. The third-order valence-electron chi connectivity index (χ3n) is 2.73. The number of nitrogens with zero attached hydrogens (tertiary/aromatic N) is 3. The predicted molar refractivity (Wildman–Crippen MR) is 75.7 cm³/mol. The van der Waals surface area contributed by atoms with Gasteiger partial charge < -0.3 is 9.67 Å². The monoisotopic (exact) mass is 273 g/mol. The lowest BCUT2D eigenvalue weighted by atomic mass is 10.1. The van der Waals surface area contributed by atoms with E-state index in [0.717, 1.165) is 27.9 Å². The van der Waals surface area contributed by atoms with Crippen LogP contribution in [0.15, 0.2) is 29.4 Å². The largest absolute Gasteiger partial charge is 0.384 e. The second-order valence-electron chi connectivity index (χ2n) is 3.99. The van der Waals surface area contributed by atoms with Gasteiger partial charge in [0.1, 0.15) is 12.4 Å². The topological polar surface area (TPSA) is 50.9 Å². The molecule has 0 bridgehead atoms. The SMILES string of the molecule is Cc1nnc(SCc2ccccc2C#CCO)n1C. The average Bonchev–Trinajstić information content (AvgIpc) is 2.75. The number of aryl methyl sites for hydroxylation is 1. The summed E-state index contributed by atoms with van der Waals surface area (Å²) in [6.45, 7) is 1.81. The second-order valence-corrected chi connectivity index (χ2v) is 4.94. The van der Waals surface area contributed by atoms with Gasteiger partial charge in [0.05, 0.1) is 0 Å². The predicted octanol–water partition coefficient (Wildman–Crippen LogP) is 1.76. The molecule has 5 heteroatoms. The van der Waals surface area contributed by atoms with E-state index in [1.165, 1.54) is 0 Å². The lowest BCUT2D eigenvalue weighted by Gasteiger charge is -2.04. The third-order valence-corrected chi connectivity index (χ3v) is 3.80. The van der Waals surface area contributed by atoms with Crippen molar-refractivity contribution >= 4 is 11.8 Å². The van der Waals surface area contributed by atoms with Crippen molar-refractivity contribution in [2.24, 2.45) is 7.05 Å². The van der Waals surface area contributed by atoms with Crippen molar-refractivity contribution in [2.75, 3.05) is 6.61 Å². The minimum atomic E-state index is -0.121. The summed E-state index contributed by atoms with van der Waals surface area (Å²) in [6, 6.07) is 7.93. The first-order valence-electron chi connectivity index (χ1n) is 5.89. The zero-order valence-corrected chi connectivity index (χ0v) is 11.7. The Morgan fingerprint density at radius 1 is 1.32 bits per heavy atom. The minimum absolute atomic E-state index is 0.121. The molecule has 0 aliphatic carbocycles. The van der Waals surface area contributed by atoms with Gasteiger partial charge in [0, 0.05) is 18.4 Å². The number of benzene rings is 1. The lowest BCUT2D eigenvalue weighted by Crippen LogP contribution is -1.94. The van der Waals surface area contributed by atoms with Crippen molar-refractivity contribution in [3.63, 3.8) is 0 Å². The van der Waals surface area contributed by atoms with Crippen LogP contribution in [0.2, 0.25) is 0 Å². The third kappa shape index (κ3) is 3.37. The van der Waals surface area contributed by atoms with Gasteiger partial charge in [-0.05, 0) is 18.6 Å². The van der Waals surface area contributed by atoms with E-state index in [1.807, 2.05) is 42.8 Å². The van der Waals surface area contributed by atoms with Crippen LogP contribution in [0.25, 0.3) is 0 Å². The summed E-state index contributed by atoms with van der Waals surface area (Å²) in [5.74, 6) is 7.32. The first-order valence-corrected chi connectivity index (χ1v) is 6.87. The molecular formula is C14H15N3OS. The van der Waals surface area contributed by atoms with E-state index >= 15 is 0 Å². The molecule has 2 aromatic rings. The van der Waals surface area contributed by atoms with Gasteiger partial charge in [-0.25, -0.2) is 0 Å². The molecular weight excluding hydrogens is 258 g/mol. The summed E-state index contributed by atoms with van der Waals surface area (Å²) in [5, 5.41) is 17.8. The van der Waals surface area contributed by atoms with Crippen LogP contribution in [0.3, 0.4) is 0 Å². The summed E-state index contributed by atoms with van der Waals surface area (Å²) in [6.07, 6.45) is 0. The van der Waals surface area contributed by atoms with Crippen molar-refractivity contribution in [2.45, 2.75) is 17.8 Å². The van der Waals surface area contributed by atoms with Crippen molar-refractivity contribution in [1.82, 2.24) is 14.8 Å². The summed E-state index contributed by atoms with van der Waals surface area (Å²) in [4.78, 5) is 0. The fourth-order valence-electron chi connectivity index (χ4n) is 1.56. The van der Waals surface area contributed by atoms with Crippen LogP contribution < -0.4 is 0 Å². The van der Waals surface area contributed by atoms with Crippen molar-refractivity contribution < 1.29 is 5.11 Å². The fraction of sp³-hybridized carbons (Fsp3) is 0.286. The summed E-state index contributed by atoms with van der Waals surface area (Å²) in [5.41, 5.74) is 2.08. The van der Waals surface area contributed by atoms with E-state index in [-0.39, 0.29) is 6.61 Å². The Balaban J connectivity index is 2.13. The van der Waals surface area contributed by atoms with Crippen molar-refractivity contribution in [3.8, 4) is 11.8 Å². The maximum absolute atomic E-state index is 8.77. The number of aliphatic hydroxyl groups excluding tert-OH is 1. The highest BCUT2D eigenvalue weighted by atomic mass is 32.2. The van der Waals surface area contributed by atoms with Crippen LogP contribution >= 0.6 is 11.8 Å². The first kappa shape index (κ1) is 13.7. The molecule has 1 aromatic carbocycles. The van der Waals surface area contributed by atoms with Gasteiger partial charge in [-0.1, -0.05) is 41.8 Å². The highest BCUT2D eigenvalue weighted by molar-refractivity contribution is 7.98. The molecule has 0 aliphatic heterocycles. The number of thioether (sulfide) groups is 1. The Kier molecular flexibility index (Phi) is 4.61. The second kappa shape index (κ2) is 6.41. The lowest BCUT2D eigenvalue weighted by molar-refractivity contribution is 0.350. The molecule has 0 unspecified atom stereocenters. The molecule has 0 saturated heterocycles. The molecule has 0 radical (unpaired) electrons. The molecule has 0 amide bonds. The van der Waals surface area contributed by atoms with Gasteiger partial charge in [-0.3, -0.25) is 0 Å². The average molecular weight is 273 g/mol. The molecule has 0 saturated carbocycles. The summed E-state index contributed by atoms with van der Waals surface area (Å²) in [7, 11) is 1.95. The number of aromatic nitrogens is 3. The van der Waals surface area contributed by atoms with Crippen LogP contribution in [0.4, 0.5) is 0 Å². The highest BCUT2D eigenvalue weighted by Gasteiger charge is 2.07. The van der Waals surface area contributed by atoms with Crippen molar-refractivity contribution in [1.29, 1.82) is 0 Å². The van der Waals surface area contributed by atoms with E-state index in [9.17, 15) is 0 Å². The Bertz CT molecular complexity index is 625. The highest BCUT2D eigenvalue weighted by Crippen LogP contribution is 2.22. The molecule has 0 fully saturated rings. The standard InChI is InChI=1S/C14H15N3OS/c1-11-15-16-14(17(11)2)19-10-13-7-4-3-6-12(13)8-5-9-18/h3-4,6-7,18H,9-10H2,1-2H3. The molecule has 98 valence electrons. The zero-order chi connectivity index (χ0) is 13.7. The van der Waals surface area contributed by atoms with Crippen LogP contribution in [0.5, 0.6) is 0 Å². The Labute approximate surface area is 116 Å². The number of hydrogen-bond donors (Lipinski definition) is 1. The van der Waals surface area contributed by atoms with E-state index in [1.54, 1.807) is 11.8 Å². The molecule has 0 atom stereocenters. The molecule has 1 heterocycles. The van der Waals surface area contributed by atoms with E-state index in [2.05, 4.69) is 22.0 Å². The van der Waals surface area contributed by atoms with Crippen molar-refractivity contribution in [3.05, 3.63) is 41.2 Å². The molecule has 1 N–H and O–H groups in total. The first-order chi connectivity index (χ1) is 9.22. The number of hydrogen-bond acceptors (Lipinski definition) is 4. The van der Waals surface area contributed by atoms with Crippen LogP contribution in [0, 0.1) is 18.8 Å². The quantitative estimate of drug-likeness (QED) is 0.684. The minimum Gasteiger partial charge on any atom is -0.384 e. The molecule has 0 spiro atoms. The van der Waals surface area contributed by atoms with Gasteiger partial charge in [0.2, 0.25) is 0 Å². The van der Waals surface area contributed by atoms with Gasteiger partial charge in [-0.15, -0.1) is 10.2 Å². The number of rotatable bonds is 3. The smallest absolute Gasteiger partial charge is 0.191 e. The molecule has 4 nitrogen and oxygen atoms in total. The number of aliphatic hydroxyl groups is 1.